The second-order valence-electron chi connectivity index (χ2n) is 9.12. The minimum atomic E-state index is 0.0143. The first-order chi connectivity index (χ1) is 15.4. The van der Waals surface area contributed by atoms with Crippen molar-refractivity contribution in [3.8, 4) is 32.5 Å². The molecule has 0 saturated heterocycles. The first-order valence-corrected chi connectivity index (χ1v) is 11.6. The van der Waals surface area contributed by atoms with Crippen LogP contribution >= 0.6 is 11.3 Å². The SMILES string of the molecule is Cc1cc(-c2ccccc2)sc1-c1ncnc(-c2cc(C(C)(C)C)c3ccccc3c2)n1. The molecule has 0 radical (unpaired) electrons. The molecule has 5 aromatic rings. The molecular weight excluding hydrogens is 410 g/mol. The Balaban J connectivity index is 1.62. The Labute approximate surface area is 192 Å². The van der Waals surface area contributed by atoms with Crippen molar-refractivity contribution in [2.45, 2.75) is 33.1 Å². The summed E-state index contributed by atoms with van der Waals surface area (Å²) < 4.78 is 0. The van der Waals surface area contributed by atoms with Crippen molar-refractivity contribution in [2.75, 3.05) is 0 Å². The third kappa shape index (κ3) is 3.82. The summed E-state index contributed by atoms with van der Waals surface area (Å²) in [6.45, 7) is 8.86. The molecule has 2 heterocycles. The fourth-order valence-corrected chi connectivity index (χ4v) is 5.17. The second-order valence-corrected chi connectivity index (χ2v) is 10.2. The van der Waals surface area contributed by atoms with E-state index < -0.39 is 0 Å². The van der Waals surface area contributed by atoms with Crippen LogP contribution in [0, 0.1) is 6.92 Å². The van der Waals surface area contributed by atoms with Crippen LogP contribution in [0.3, 0.4) is 0 Å². The summed E-state index contributed by atoms with van der Waals surface area (Å²) in [5, 5.41) is 2.48. The molecule has 4 heteroatoms. The molecule has 32 heavy (non-hydrogen) atoms. The minimum absolute atomic E-state index is 0.0143. The summed E-state index contributed by atoms with van der Waals surface area (Å²) in [4.78, 5) is 16.3. The van der Waals surface area contributed by atoms with Crippen molar-refractivity contribution >= 4 is 22.1 Å². The maximum absolute atomic E-state index is 4.90. The zero-order valence-corrected chi connectivity index (χ0v) is 19.6. The van der Waals surface area contributed by atoms with Crippen molar-refractivity contribution in [3.05, 3.63) is 90.3 Å². The van der Waals surface area contributed by atoms with Crippen LogP contribution in [0.4, 0.5) is 0 Å². The fraction of sp³-hybridized carbons (Fsp3) is 0.179. The molecule has 0 N–H and O–H groups in total. The van der Waals surface area contributed by atoms with Crippen molar-refractivity contribution in [3.63, 3.8) is 0 Å². The van der Waals surface area contributed by atoms with E-state index in [1.807, 2.05) is 6.07 Å². The van der Waals surface area contributed by atoms with Gasteiger partial charge >= 0.3 is 0 Å². The van der Waals surface area contributed by atoms with E-state index in [-0.39, 0.29) is 5.41 Å². The van der Waals surface area contributed by atoms with Crippen LogP contribution in [0.1, 0.15) is 31.9 Å². The van der Waals surface area contributed by atoms with E-state index in [9.17, 15) is 0 Å². The topological polar surface area (TPSA) is 38.7 Å². The standard InChI is InChI=1S/C28H25N3S/c1-18-14-24(19-10-6-5-7-11-19)32-25(18)27-30-17-29-26(31-27)21-15-20-12-8-9-13-22(20)23(16-21)28(2,3)4/h5-17H,1-4H3. The Kier molecular flexibility index (Phi) is 5.10. The van der Waals surface area contributed by atoms with Crippen LogP contribution in [0.5, 0.6) is 0 Å². The number of aryl methyl sites for hydroxylation is 1. The first-order valence-electron chi connectivity index (χ1n) is 10.8. The van der Waals surface area contributed by atoms with E-state index in [0.29, 0.717) is 5.82 Å². The van der Waals surface area contributed by atoms with Gasteiger partial charge in [-0.2, -0.15) is 0 Å². The Morgan fingerprint density at radius 3 is 2.25 bits per heavy atom. The fourth-order valence-electron chi connectivity index (χ4n) is 4.05. The average molecular weight is 436 g/mol. The summed E-state index contributed by atoms with van der Waals surface area (Å²) in [6, 6.07) is 25.6. The molecule has 0 aliphatic carbocycles. The van der Waals surface area contributed by atoms with E-state index in [1.54, 1.807) is 17.7 Å². The van der Waals surface area contributed by atoms with E-state index in [2.05, 4.69) is 104 Å². The van der Waals surface area contributed by atoms with Gasteiger partial charge < -0.3 is 0 Å². The lowest BCUT2D eigenvalue weighted by molar-refractivity contribution is 0.596. The van der Waals surface area contributed by atoms with Gasteiger partial charge in [-0.1, -0.05) is 75.4 Å². The third-order valence-corrected chi connectivity index (χ3v) is 6.96. The van der Waals surface area contributed by atoms with Gasteiger partial charge in [-0.25, -0.2) is 15.0 Å². The molecule has 0 saturated carbocycles. The van der Waals surface area contributed by atoms with E-state index >= 15 is 0 Å². The number of nitrogens with zero attached hydrogens (tertiary/aromatic N) is 3. The predicted molar refractivity (Wildman–Crippen MR) is 135 cm³/mol. The summed E-state index contributed by atoms with van der Waals surface area (Å²) in [7, 11) is 0. The van der Waals surface area contributed by atoms with Gasteiger partial charge in [0.15, 0.2) is 11.6 Å². The normalized spacial score (nSPS) is 11.8. The van der Waals surface area contributed by atoms with Crippen LogP contribution in [-0.4, -0.2) is 15.0 Å². The van der Waals surface area contributed by atoms with E-state index in [0.717, 1.165) is 16.3 Å². The van der Waals surface area contributed by atoms with Crippen LogP contribution < -0.4 is 0 Å². The van der Waals surface area contributed by atoms with Crippen LogP contribution in [0.25, 0.3) is 43.3 Å². The van der Waals surface area contributed by atoms with Gasteiger partial charge in [0.25, 0.3) is 0 Å². The summed E-state index contributed by atoms with van der Waals surface area (Å²) in [6.07, 6.45) is 1.63. The number of aromatic nitrogens is 3. The molecule has 0 bridgehead atoms. The zero-order chi connectivity index (χ0) is 22.3. The maximum Gasteiger partial charge on any atom is 0.173 e. The van der Waals surface area contributed by atoms with Crippen LogP contribution in [0.2, 0.25) is 0 Å². The van der Waals surface area contributed by atoms with E-state index in [1.165, 1.54) is 32.3 Å². The van der Waals surface area contributed by atoms with Crippen LogP contribution in [0.15, 0.2) is 79.1 Å². The van der Waals surface area contributed by atoms with Crippen LogP contribution in [-0.2, 0) is 5.41 Å². The molecule has 0 fully saturated rings. The monoisotopic (exact) mass is 435 g/mol. The lowest BCUT2D eigenvalue weighted by atomic mass is 9.82. The average Bonchev–Trinajstić information content (AvgIpc) is 3.20. The quantitative estimate of drug-likeness (QED) is 0.291. The lowest BCUT2D eigenvalue weighted by Crippen LogP contribution is -2.12. The highest BCUT2D eigenvalue weighted by Crippen LogP contribution is 2.37. The van der Waals surface area contributed by atoms with Crippen molar-refractivity contribution in [2.24, 2.45) is 0 Å². The van der Waals surface area contributed by atoms with Gasteiger partial charge in [0, 0.05) is 10.4 Å². The number of fused-ring (bicyclic) bond motifs is 1. The van der Waals surface area contributed by atoms with Gasteiger partial charge in [-0.3, -0.25) is 0 Å². The molecule has 2 aromatic heterocycles. The molecule has 3 aromatic carbocycles. The molecule has 5 rings (SSSR count). The Morgan fingerprint density at radius 1 is 0.750 bits per heavy atom. The molecule has 0 amide bonds. The summed E-state index contributed by atoms with van der Waals surface area (Å²) in [5.41, 5.74) is 4.73. The highest BCUT2D eigenvalue weighted by molar-refractivity contribution is 7.19. The molecule has 0 spiro atoms. The van der Waals surface area contributed by atoms with Gasteiger partial charge in [-0.15, -0.1) is 11.3 Å². The molecular formula is C28H25N3S. The number of hydrogen-bond acceptors (Lipinski definition) is 4. The number of thiophene rings is 1. The van der Waals surface area contributed by atoms with Crippen molar-refractivity contribution in [1.82, 2.24) is 15.0 Å². The van der Waals surface area contributed by atoms with Gasteiger partial charge in [0.2, 0.25) is 0 Å². The van der Waals surface area contributed by atoms with Crippen molar-refractivity contribution in [1.29, 1.82) is 0 Å². The molecule has 0 aliphatic heterocycles. The van der Waals surface area contributed by atoms with Gasteiger partial charge in [0.1, 0.15) is 6.33 Å². The van der Waals surface area contributed by atoms with Gasteiger partial charge in [0.05, 0.1) is 4.88 Å². The minimum Gasteiger partial charge on any atom is -0.217 e. The van der Waals surface area contributed by atoms with Gasteiger partial charge in [-0.05, 0) is 58.0 Å². The summed E-state index contributed by atoms with van der Waals surface area (Å²) in [5.74, 6) is 1.44. The highest BCUT2D eigenvalue weighted by atomic mass is 32.1. The third-order valence-electron chi connectivity index (χ3n) is 5.68. The first kappa shape index (κ1) is 20.5. The number of rotatable bonds is 3. The molecule has 158 valence electrons. The maximum atomic E-state index is 4.90. The Morgan fingerprint density at radius 2 is 1.47 bits per heavy atom. The molecule has 0 atom stereocenters. The Bertz CT molecular complexity index is 1410. The molecule has 0 aliphatic rings. The second kappa shape index (κ2) is 7.95. The summed E-state index contributed by atoms with van der Waals surface area (Å²) >= 11 is 1.73. The lowest BCUT2D eigenvalue weighted by Gasteiger charge is -2.22. The number of benzene rings is 3. The van der Waals surface area contributed by atoms with E-state index in [4.69, 9.17) is 4.98 Å². The zero-order valence-electron chi connectivity index (χ0n) is 18.8. The Hall–Kier alpha value is -3.37. The highest BCUT2D eigenvalue weighted by Gasteiger charge is 2.20. The molecule has 3 nitrogen and oxygen atoms in total. The molecule has 0 unspecified atom stereocenters. The predicted octanol–water partition coefficient (Wildman–Crippen LogP) is 7.69. The van der Waals surface area contributed by atoms with Crippen molar-refractivity contribution < 1.29 is 0 Å². The number of hydrogen-bond donors (Lipinski definition) is 0. The largest absolute Gasteiger partial charge is 0.217 e. The smallest absolute Gasteiger partial charge is 0.173 e.